The maximum atomic E-state index is 5.10. The lowest BCUT2D eigenvalue weighted by Crippen LogP contribution is -2.13. The average Bonchev–Trinajstić information content (AvgIpc) is 2.14. The zero-order valence-electron chi connectivity index (χ0n) is 8.11. The van der Waals surface area contributed by atoms with E-state index in [9.17, 15) is 0 Å². The highest BCUT2D eigenvalue weighted by molar-refractivity contribution is 8.00. The van der Waals surface area contributed by atoms with Gasteiger partial charge in [0, 0.05) is 10.1 Å². The second-order valence-corrected chi connectivity index (χ2v) is 4.93. The fraction of sp³-hybridized carbons (Fsp3) is 0.455. The molecular weight excluding hydrogens is 194 g/mol. The van der Waals surface area contributed by atoms with E-state index in [1.165, 1.54) is 29.7 Å². The molecule has 1 aliphatic rings. The third-order valence-electron chi connectivity index (χ3n) is 2.56. The third kappa shape index (κ3) is 2.29. The Morgan fingerprint density at radius 1 is 1.36 bits per heavy atom. The second kappa shape index (κ2) is 4.82. The van der Waals surface area contributed by atoms with Gasteiger partial charge in [-0.05, 0) is 24.5 Å². The molecule has 0 atom stereocenters. The van der Waals surface area contributed by atoms with Gasteiger partial charge in [0.25, 0.3) is 0 Å². The molecule has 1 aliphatic carbocycles. The van der Waals surface area contributed by atoms with Crippen LogP contribution < -0.4 is 5.90 Å². The van der Waals surface area contributed by atoms with Crippen molar-refractivity contribution in [2.45, 2.75) is 36.0 Å². The molecule has 0 heterocycles. The van der Waals surface area contributed by atoms with E-state index < -0.39 is 0 Å². The first-order valence-corrected chi connectivity index (χ1v) is 5.84. The summed E-state index contributed by atoms with van der Waals surface area (Å²) in [4.78, 5) is 6.01. The molecule has 0 spiro atoms. The number of benzene rings is 1. The number of thioether (sulfide) groups is 1. The van der Waals surface area contributed by atoms with E-state index in [4.69, 9.17) is 5.90 Å². The van der Waals surface area contributed by atoms with Gasteiger partial charge in [-0.2, -0.15) is 0 Å². The summed E-state index contributed by atoms with van der Waals surface area (Å²) in [7, 11) is 0. The van der Waals surface area contributed by atoms with Crippen LogP contribution in [0.3, 0.4) is 0 Å². The summed E-state index contributed by atoms with van der Waals surface area (Å²) in [5, 5.41) is 0.814. The Morgan fingerprint density at radius 3 is 2.79 bits per heavy atom. The minimum atomic E-state index is 0.510. The summed E-state index contributed by atoms with van der Waals surface area (Å²) >= 11 is 1.96. The van der Waals surface area contributed by atoms with E-state index in [1.54, 1.807) is 0 Å². The zero-order valence-corrected chi connectivity index (χ0v) is 8.93. The van der Waals surface area contributed by atoms with Crippen molar-refractivity contribution in [2.75, 3.05) is 0 Å². The van der Waals surface area contributed by atoms with Crippen molar-refractivity contribution in [3.63, 3.8) is 0 Å². The van der Waals surface area contributed by atoms with Crippen LogP contribution in [0.1, 0.15) is 24.8 Å². The monoisotopic (exact) mass is 209 g/mol. The third-order valence-corrected chi connectivity index (χ3v) is 4.01. The molecule has 2 nitrogen and oxygen atoms in total. The molecule has 2 rings (SSSR count). The molecule has 76 valence electrons. The molecule has 14 heavy (non-hydrogen) atoms. The molecule has 3 heteroatoms. The predicted molar refractivity (Wildman–Crippen MR) is 58.9 cm³/mol. The lowest BCUT2D eigenvalue weighted by atomic mass is 10.00. The minimum Gasteiger partial charge on any atom is -0.300 e. The van der Waals surface area contributed by atoms with Gasteiger partial charge >= 0.3 is 0 Å². The molecule has 1 saturated carbocycles. The normalized spacial score (nSPS) is 16.6. The fourth-order valence-corrected chi connectivity index (χ4v) is 2.86. The first-order valence-electron chi connectivity index (χ1n) is 4.96. The molecule has 1 aromatic rings. The number of hydrogen-bond acceptors (Lipinski definition) is 3. The van der Waals surface area contributed by atoms with Gasteiger partial charge in [-0.1, -0.05) is 24.6 Å². The Labute approximate surface area is 88.8 Å². The van der Waals surface area contributed by atoms with Crippen LogP contribution in [0.25, 0.3) is 0 Å². The highest BCUT2D eigenvalue weighted by atomic mass is 32.2. The van der Waals surface area contributed by atoms with Gasteiger partial charge in [0.15, 0.2) is 0 Å². The van der Waals surface area contributed by atoms with Crippen molar-refractivity contribution in [3.05, 3.63) is 29.8 Å². The van der Waals surface area contributed by atoms with Gasteiger partial charge in [0.2, 0.25) is 0 Å². The van der Waals surface area contributed by atoms with Gasteiger partial charge in [0.05, 0.1) is 6.61 Å². The molecule has 1 aromatic carbocycles. The summed E-state index contributed by atoms with van der Waals surface area (Å²) in [6, 6.07) is 8.32. The first-order chi connectivity index (χ1) is 6.90. The van der Waals surface area contributed by atoms with Crippen molar-refractivity contribution in [3.8, 4) is 0 Å². The van der Waals surface area contributed by atoms with Crippen LogP contribution >= 0.6 is 11.8 Å². The summed E-state index contributed by atoms with van der Waals surface area (Å²) < 4.78 is 0. The van der Waals surface area contributed by atoms with Crippen LogP contribution in [0, 0.1) is 0 Å². The van der Waals surface area contributed by atoms with Gasteiger partial charge in [-0.3, -0.25) is 4.84 Å². The van der Waals surface area contributed by atoms with Gasteiger partial charge in [0.1, 0.15) is 0 Å². The average molecular weight is 209 g/mol. The summed E-state index contributed by atoms with van der Waals surface area (Å²) in [5.74, 6) is 5.10. The lowest BCUT2D eigenvalue weighted by Gasteiger charge is -2.25. The molecule has 0 saturated heterocycles. The standard InChI is InChI=1S/C11H15NOS/c12-13-8-9-4-1-2-7-11(9)14-10-5-3-6-10/h1-2,4,7,10H,3,5-6,8,12H2. The Kier molecular flexibility index (Phi) is 3.45. The number of nitrogens with two attached hydrogens (primary N) is 1. The van der Waals surface area contributed by atoms with Crippen molar-refractivity contribution in [1.82, 2.24) is 0 Å². The number of hydrogen-bond donors (Lipinski definition) is 1. The van der Waals surface area contributed by atoms with Gasteiger partial charge < -0.3 is 0 Å². The smallest absolute Gasteiger partial charge is 0.0940 e. The molecule has 0 radical (unpaired) electrons. The lowest BCUT2D eigenvalue weighted by molar-refractivity contribution is 0.122. The SMILES string of the molecule is NOCc1ccccc1SC1CCC1. The molecular formula is C11H15NOS. The van der Waals surface area contributed by atoms with Crippen LogP contribution in [0.15, 0.2) is 29.2 Å². The van der Waals surface area contributed by atoms with Gasteiger partial charge in [-0.15, -0.1) is 11.8 Å². The molecule has 0 unspecified atom stereocenters. The van der Waals surface area contributed by atoms with Crippen molar-refractivity contribution in [1.29, 1.82) is 0 Å². The Hall–Kier alpha value is -0.510. The molecule has 2 N–H and O–H groups in total. The Morgan fingerprint density at radius 2 is 2.14 bits per heavy atom. The van der Waals surface area contributed by atoms with Crippen LogP contribution in [-0.2, 0) is 11.4 Å². The van der Waals surface area contributed by atoms with E-state index in [0.29, 0.717) is 6.61 Å². The molecule has 0 aliphatic heterocycles. The summed E-state index contributed by atoms with van der Waals surface area (Å²) in [5.41, 5.74) is 1.20. The van der Waals surface area contributed by atoms with E-state index >= 15 is 0 Å². The van der Waals surface area contributed by atoms with E-state index in [1.807, 2.05) is 17.8 Å². The van der Waals surface area contributed by atoms with Crippen molar-refractivity contribution < 1.29 is 4.84 Å². The summed E-state index contributed by atoms with van der Waals surface area (Å²) in [6.07, 6.45) is 4.08. The van der Waals surface area contributed by atoms with Crippen LogP contribution in [0.2, 0.25) is 0 Å². The Balaban J connectivity index is 2.05. The molecule has 0 bridgehead atoms. The van der Waals surface area contributed by atoms with E-state index in [-0.39, 0.29) is 0 Å². The topological polar surface area (TPSA) is 35.2 Å². The summed E-state index contributed by atoms with van der Waals surface area (Å²) in [6.45, 7) is 0.510. The van der Waals surface area contributed by atoms with Gasteiger partial charge in [-0.25, -0.2) is 5.90 Å². The van der Waals surface area contributed by atoms with Crippen LogP contribution in [0.5, 0.6) is 0 Å². The molecule has 0 aromatic heterocycles. The van der Waals surface area contributed by atoms with Crippen LogP contribution in [0.4, 0.5) is 0 Å². The Bertz CT molecular complexity index is 299. The quantitative estimate of drug-likeness (QED) is 0.774. The minimum absolute atomic E-state index is 0.510. The zero-order chi connectivity index (χ0) is 9.80. The maximum absolute atomic E-state index is 5.10. The van der Waals surface area contributed by atoms with E-state index in [2.05, 4.69) is 23.0 Å². The highest BCUT2D eigenvalue weighted by Gasteiger charge is 2.19. The molecule has 1 fully saturated rings. The largest absolute Gasteiger partial charge is 0.300 e. The van der Waals surface area contributed by atoms with E-state index in [0.717, 1.165) is 5.25 Å². The highest BCUT2D eigenvalue weighted by Crippen LogP contribution is 2.37. The van der Waals surface area contributed by atoms with Crippen LogP contribution in [-0.4, -0.2) is 5.25 Å². The second-order valence-electron chi connectivity index (χ2n) is 3.59. The molecule has 0 amide bonds. The maximum Gasteiger partial charge on any atom is 0.0940 e. The van der Waals surface area contributed by atoms with Crippen molar-refractivity contribution in [2.24, 2.45) is 5.90 Å². The first kappa shape index (κ1) is 10.0. The van der Waals surface area contributed by atoms with Crippen molar-refractivity contribution >= 4 is 11.8 Å². The fourth-order valence-electron chi connectivity index (χ4n) is 1.50. The predicted octanol–water partition coefficient (Wildman–Crippen LogP) is 2.72. The number of rotatable bonds is 4.